The van der Waals surface area contributed by atoms with Gasteiger partial charge in [0.05, 0.1) is 0 Å². The second kappa shape index (κ2) is 3.97. The number of carbonyl (C=O) groups is 3. The highest BCUT2D eigenvalue weighted by Crippen LogP contribution is 1.99. The van der Waals surface area contributed by atoms with Crippen molar-refractivity contribution in [2.24, 2.45) is 5.84 Å². The molecule has 3 N–H and O–H groups in total. The number of carbonyl (C=O) groups excluding carboxylic acids is 3. The Bertz CT molecular complexity index is 236. The molecule has 0 aromatic heterocycles. The molecule has 1 saturated heterocycles. The summed E-state index contributed by atoms with van der Waals surface area (Å²) < 4.78 is 4.64. The quantitative estimate of drug-likeness (QED) is 0.213. The monoisotopic (exact) mass is 187 g/mol. The minimum Gasteiger partial charge on any atom is -0.362 e. The summed E-state index contributed by atoms with van der Waals surface area (Å²) in [6.07, 6.45) is 0. The molecule has 0 aliphatic carbocycles. The van der Waals surface area contributed by atoms with Gasteiger partial charge < -0.3 is 4.74 Å². The first-order chi connectivity index (χ1) is 6.15. The summed E-state index contributed by atoms with van der Waals surface area (Å²) in [4.78, 5) is 33.6. The molecule has 0 atom stereocenters. The fourth-order valence-electron chi connectivity index (χ4n) is 0.886. The fourth-order valence-corrected chi connectivity index (χ4v) is 0.886. The zero-order chi connectivity index (χ0) is 9.84. The fraction of sp³-hybridized carbons (Fsp3) is 0.500. The van der Waals surface area contributed by atoms with E-state index >= 15 is 0 Å². The molecule has 0 saturated carbocycles. The molecule has 7 nitrogen and oxygen atoms in total. The first-order valence-electron chi connectivity index (χ1n) is 3.55. The lowest BCUT2D eigenvalue weighted by Gasteiger charge is -2.23. The topological polar surface area (TPSA) is 102 Å². The van der Waals surface area contributed by atoms with Crippen molar-refractivity contribution in [1.29, 1.82) is 0 Å². The number of ether oxygens (including phenoxy) is 1. The summed E-state index contributed by atoms with van der Waals surface area (Å²) in [5.74, 6) is 3.15. The van der Waals surface area contributed by atoms with E-state index in [9.17, 15) is 14.4 Å². The third-order valence-electron chi connectivity index (χ3n) is 1.52. The van der Waals surface area contributed by atoms with Crippen LogP contribution < -0.4 is 11.3 Å². The Morgan fingerprint density at radius 1 is 1.46 bits per heavy atom. The molecule has 72 valence electrons. The normalized spacial score (nSPS) is 17.5. The number of hydrogen-bond acceptors (Lipinski definition) is 5. The molecule has 0 aromatic carbocycles. The Kier molecular flexibility index (Phi) is 2.93. The van der Waals surface area contributed by atoms with Gasteiger partial charge in [-0.05, 0) is 0 Å². The Hall–Kier alpha value is -1.47. The van der Waals surface area contributed by atoms with Crippen LogP contribution in [0.5, 0.6) is 0 Å². The van der Waals surface area contributed by atoms with E-state index in [4.69, 9.17) is 5.84 Å². The van der Waals surface area contributed by atoms with Crippen molar-refractivity contribution in [3.05, 3.63) is 0 Å². The van der Waals surface area contributed by atoms with Crippen LogP contribution in [-0.2, 0) is 19.1 Å². The minimum absolute atomic E-state index is 0.177. The molecule has 1 aliphatic rings. The molecule has 0 aromatic rings. The second-order valence-corrected chi connectivity index (χ2v) is 2.43. The van der Waals surface area contributed by atoms with Gasteiger partial charge in [-0.15, -0.1) is 0 Å². The van der Waals surface area contributed by atoms with Crippen molar-refractivity contribution in [3.8, 4) is 0 Å². The molecule has 0 bridgehead atoms. The van der Waals surface area contributed by atoms with Crippen molar-refractivity contribution in [2.45, 2.75) is 0 Å². The zero-order valence-corrected chi connectivity index (χ0v) is 6.78. The van der Waals surface area contributed by atoms with Crippen molar-refractivity contribution >= 4 is 17.7 Å². The summed E-state index contributed by atoms with van der Waals surface area (Å²) in [5.41, 5.74) is 1.83. The Morgan fingerprint density at radius 2 is 2.00 bits per heavy atom. The smallest absolute Gasteiger partial charge is 0.255 e. The van der Waals surface area contributed by atoms with E-state index in [2.05, 4.69) is 4.74 Å². The molecule has 13 heavy (non-hydrogen) atoms. The van der Waals surface area contributed by atoms with Gasteiger partial charge >= 0.3 is 0 Å². The molecule has 3 amide bonds. The Labute approximate surface area is 73.8 Å². The minimum atomic E-state index is -0.594. The highest BCUT2D eigenvalue weighted by atomic mass is 16.5. The third-order valence-corrected chi connectivity index (χ3v) is 1.52. The van der Waals surface area contributed by atoms with E-state index < -0.39 is 17.7 Å². The van der Waals surface area contributed by atoms with Gasteiger partial charge in [-0.2, -0.15) is 0 Å². The van der Waals surface area contributed by atoms with Gasteiger partial charge in [0.25, 0.3) is 17.7 Å². The van der Waals surface area contributed by atoms with Crippen LogP contribution in [0.15, 0.2) is 0 Å². The Morgan fingerprint density at radius 3 is 2.46 bits per heavy atom. The van der Waals surface area contributed by atoms with E-state index in [0.717, 1.165) is 4.90 Å². The number of nitrogens with one attached hydrogen (secondary N) is 1. The molecule has 0 unspecified atom stereocenters. The maximum Gasteiger partial charge on any atom is 0.255 e. The average Bonchev–Trinajstić information content (AvgIpc) is 2.11. The predicted molar refractivity (Wildman–Crippen MR) is 39.9 cm³/mol. The van der Waals surface area contributed by atoms with Crippen LogP contribution in [0.1, 0.15) is 0 Å². The van der Waals surface area contributed by atoms with Gasteiger partial charge in [-0.1, -0.05) is 0 Å². The highest BCUT2D eigenvalue weighted by Gasteiger charge is 2.27. The van der Waals surface area contributed by atoms with Crippen LogP contribution in [0.3, 0.4) is 0 Å². The first kappa shape index (κ1) is 9.62. The van der Waals surface area contributed by atoms with Crippen LogP contribution in [0.25, 0.3) is 0 Å². The molecule has 1 fully saturated rings. The number of morpholine rings is 1. The number of hydrogen-bond donors (Lipinski definition) is 2. The first-order valence-corrected chi connectivity index (χ1v) is 3.55. The van der Waals surface area contributed by atoms with Crippen molar-refractivity contribution in [3.63, 3.8) is 0 Å². The lowest BCUT2D eigenvalue weighted by molar-refractivity contribution is -0.160. The second-order valence-electron chi connectivity index (χ2n) is 2.43. The van der Waals surface area contributed by atoms with E-state index in [-0.39, 0.29) is 19.8 Å². The zero-order valence-electron chi connectivity index (χ0n) is 6.78. The number of nitrogens with zero attached hydrogens (tertiary/aromatic N) is 1. The van der Waals surface area contributed by atoms with Gasteiger partial charge in [0.2, 0.25) is 0 Å². The third kappa shape index (κ3) is 2.23. The lowest BCUT2D eigenvalue weighted by atomic mass is 10.4. The van der Waals surface area contributed by atoms with Crippen LogP contribution in [0.2, 0.25) is 0 Å². The Balaban J connectivity index is 2.59. The molecule has 1 heterocycles. The lowest BCUT2D eigenvalue weighted by Crippen LogP contribution is -2.51. The number of rotatable bonds is 2. The van der Waals surface area contributed by atoms with Crippen molar-refractivity contribution < 1.29 is 19.1 Å². The highest BCUT2D eigenvalue weighted by molar-refractivity contribution is 6.01. The summed E-state index contributed by atoms with van der Waals surface area (Å²) in [6, 6.07) is 0. The molecule has 0 spiro atoms. The van der Waals surface area contributed by atoms with Crippen LogP contribution in [-0.4, -0.2) is 42.4 Å². The molecular weight excluding hydrogens is 178 g/mol. The molecule has 1 rings (SSSR count). The van der Waals surface area contributed by atoms with Gasteiger partial charge in [0, 0.05) is 0 Å². The molecule has 7 heteroatoms. The van der Waals surface area contributed by atoms with E-state index in [1.807, 2.05) is 5.43 Å². The summed E-state index contributed by atoms with van der Waals surface area (Å²) in [5, 5.41) is 0. The van der Waals surface area contributed by atoms with Gasteiger partial charge in [-0.3, -0.25) is 24.7 Å². The molecule has 0 radical (unpaired) electrons. The largest absolute Gasteiger partial charge is 0.362 e. The van der Waals surface area contributed by atoms with E-state index in [0.29, 0.717) is 0 Å². The SMILES string of the molecule is NNC(=O)CN1C(=O)COCC1=O. The van der Waals surface area contributed by atoms with Crippen LogP contribution >= 0.6 is 0 Å². The number of imide groups is 1. The van der Waals surface area contributed by atoms with E-state index in [1.54, 1.807) is 0 Å². The maximum atomic E-state index is 11.0. The predicted octanol–water partition coefficient (Wildman–Crippen LogP) is -2.64. The van der Waals surface area contributed by atoms with Crippen LogP contribution in [0, 0.1) is 0 Å². The number of amides is 3. The van der Waals surface area contributed by atoms with Crippen molar-refractivity contribution in [2.75, 3.05) is 19.8 Å². The average molecular weight is 187 g/mol. The van der Waals surface area contributed by atoms with Crippen LogP contribution in [0.4, 0.5) is 0 Å². The number of hydrazine groups is 1. The number of nitrogens with two attached hydrogens (primary N) is 1. The molecular formula is C6H9N3O4. The summed E-state index contributed by atoms with van der Waals surface area (Å²) >= 11 is 0. The summed E-state index contributed by atoms with van der Waals surface area (Å²) in [6.45, 7) is -0.704. The maximum absolute atomic E-state index is 11.0. The van der Waals surface area contributed by atoms with Crippen molar-refractivity contribution in [1.82, 2.24) is 10.3 Å². The summed E-state index contributed by atoms with van der Waals surface area (Å²) in [7, 11) is 0. The standard InChI is InChI=1S/C6H9N3O4/c7-8-4(10)1-9-5(11)2-13-3-6(9)12/h1-3,7H2,(H,8,10). The van der Waals surface area contributed by atoms with E-state index in [1.165, 1.54) is 0 Å². The van der Waals surface area contributed by atoms with Gasteiger partial charge in [0.15, 0.2) is 0 Å². The van der Waals surface area contributed by atoms with Gasteiger partial charge in [-0.25, -0.2) is 5.84 Å². The molecule has 1 aliphatic heterocycles. The van der Waals surface area contributed by atoms with Gasteiger partial charge in [0.1, 0.15) is 19.8 Å².